The highest BCUT2D eigenvalue weighted by Crippen LogP contribution is 1.92. The fourth-order valence-corrected chi connectivity index (χ4v) is 1.81. The Morgan fingerprint density at radius 3 is 2.67 bits per heavy atom. The molecule has 1 heteroatoms. The van der Waals surface area contributed by atoms with Crippen molar-refractivity contribution in [1.29, 1.82) is 0 Å². The first-order valence-electron chi connectivity index (χ1n) is 2.22. The Morgan fingerprint density at radius 1 is 1.67 bits per heavy atom. The fraction of sp³-hybridized carbons (Fsp3) is 0.600. The standard InChI is InChI=1S/C5H9S/c1-6-4-2-3-5-6/h4H,1-3,5H2/q-1. The van der Waals surface area contributed by atoms with Gasteiger partial charge in [-0.3, -0.25) is 0 Å². The third-order valence-corrected chi connectivity index (χ3v) is 2.48. The number of rotatable bonds is 0. The van der Waals surface area contributed by atoms with E-state index in [-0.39, 0.29) is 0 Å². The van der Waals surface area contributed by atoms with Gasteiger partial charge in [0.05, 0.1) is 0 Å². The molecule has 0 aliphatic carbocycles. The van der Waals surface area contributed by atoms with E-state index in [2.05, 4.69) is 11.2 Å². The highest BCUT2D eigenvalue weighted by molar-refractivity contribution is 7.92. The molecule has 0 bridgehead atoms. The quantitative estimate of drug-likeness (QED) is 0.310. The summed E-state index contributed by atoms with van der Waals surface area (Å²) in [5.41, 5.74) is 0. The van der Waals surface area contributed by atoms with Crippen molar-refractivity contribution in [2.75, 3.05) is 5.75 Å². The van der Waals surface area contributed by atoms with Gasteiger partial charge in [-0.15, -0.1) is 5.75 Å². The largest absolute Gasteiger partial charge is 0.482 e. The first-order chi connectivity index (χ1) is 2.89. The second-order valence-corrected chi connectivity index (χ2v) is 3.37. The van der Waals surface area contributed by atoms with E-state index >= 15 is 0 Å². The Hall–Kier alpha value is 0.0900. The van der Waals surface area contributed by atoms with Crippen LogP contribution in [0.3, 0.4) is 0 Å². The van der Waals surface area contributed by atoms with Gasteiger partial charge in [-0.05, 0) is 0 Å². The van der Waals surface area contributed by atoms with Crippen LogP contribution in [0.1, 0.15) is 12.8 Å². The van der Waals surface area contributed by atoms with E-state index in [0.29, 0.717) is 10.1 Å². The molecule has 0 spiro atoms. The van der Waals surface area contributed by atoms with Crippen LogP contribution in [0.15, 0.2) is 0 Å². The van der Waals surface area contributed by atoms with E-state index < -0.39 is 0 Å². The Bertz CT molecular complexity index is 107. The lowest BCUT2D eigenvalue weighted by molar-refractivity contribution is 1.05. The summed E-state index contributed by atoms with van der Waals surface area (Å²) >= 11 is 0. The Labute approximate surface area is 40.7 Å². The summed E-state index contributed by atoms with van der Waals surface area (Å²) in [5, 5.41) is 2.32. The summed E-state index contributed by atoms with van der Waals surface area (Å²) in [6.07, 6.45) is 2.69. The third-order valence-electron chi connectivity index (χ3n) is 0.964. The zero-order valence-corrected chi connectivity index (χ0v) is 4.63. The summed E-state index contributed by atoms with van der Waals surface area (Å²) in [7, 11) is 0.452. The molecule has 0 atom stereocenters. The summed E-state index contributed by atoms with van der Waals surface area (Å²) in [6, 6.07) is 0. The van der Waals surface area contributed by atoms with Gasteiger partial charge in [0.1, 0.15) is 0 Å². The van der Waals surface area contributed by atoms with Gasteiger partial charge < -0.3 is 10.1 Å². The van der Waals surface area contributed by atoms with E-state index in [1.54, 1.807) is 0 Å². The number of hydrogen-bond donors (Lipinski definition) is 0. The van der Waals surface area contributed by atoms with Crippen molar-refractivity contribution >= 4 is 21.3 Å². The van der Waals surface area contributed by atoms with Crippen LogP contribution in [-0.4, -0.2) is 17.0 Å². The maximum Gasteiger partial charge on any atom is -0.0605 e. The molecule has 0 aromatic carbocycles. The van der Waals surface area contributed by atoms with Crippen LogP contribution in [-0.2, 0) is 10.1 Å². The van der Waals surface area contributed by atoms with Gasteiger partial charge in [0.15, 0.2) is 0 Å². The highest BCUT2D eigenvalue weighted by atomic mass is 32.2. The Balaban J connectivity index is 2.68. The highest BCUT2D eigenvalue weighted by Gasteiger charge is 1.77. The summed E-state index contributed by atoms with van der Waals surface area (Å²) in [6.45, 7) is 0. The van der Waals surface area contributed by atoms with Crippen molar-refractivity contribution in [3.05, 3.63) is 0 Å². The minimum absolute atomic E-state index is 0.452. The average molecular weight is 101 g/mol. The molecule has 1 heterocycles. The molecule has 0 nitrogen and oxygen atoms in total. The van der Waals surface area contributed by atoms with Crippen LogP contribution in [0.4, 0.5) is 0 Å². The second kappa shape index (κ2) is 1.69. The Morgan fingerprint density at radius 2 is 2.50 bits per heavy atom. The summed E-state index contributed by atoms with van der Waals surface area (Å²) in [4.78, 5) is 0. The third kappa shape index (κ3) is 0.777. The first kappa shape index (κ1) is 4.25. The maximum atomic E-state index is 3.91. The zero-order chi connectivity index (χ0) is 4.41. The molecule has 0 N–H and O–H groups in total. The van der Waals surface area contributed by atoms with E-state index in [0.717, 1.165) is 0 Å². The predicted molar refractivity (Wildman–Crippen MR) is 34.7 cm³/mol. The van der Waals surface area contributed by atoms with Crippen LogP contribution >= 0.6 is 0 Å². The molecule has 0 unspecified atom stereocenters. The number of hydrogen-bond acceptors (Lipinski definition) is 1. The SMILES string of the molecule is C=[S-]1=CCCC1. The van der Waals surface area contributed by atoms with E-state index in [1.165, 1.54) is 18.6 Å². The molecule has 1 aliphatic heterocycles. The molecule has 1 rings (SSSR count). The minimum atomic E-state index is 0.452. The van der Waals surface area contributed by atoms with Crippen molar-refractivity contribution in [2.24, 2.45) is 0 Å². The molecule has 0 amide bonds. The lowest BCUT2D eigenvalue weighted by atomic mass is 10.4. The van der Waals surface area contributed by atoms with Crippen molar-refractivity contribution in [3.8, 4) is 0 Å². The van der Waals surface area contributed by atoms with Gasteiger partial charge in [-0.2, -0.15) is 0 Å². The zero-order valence-electron chi connectivity index (χ0n) is 3.81. The van der Waals surface area contributed by atoms with Crippen molar-refractivity contribution < 1.29 is 0 Å². The lowest BCUT2D eigenvalue weighted by Gasteiger charge is -1.90. The monoisotopic (exact) mass is 101 g/mol. The molecule has 0 radical (unpaired) electrons. The topological polar surface area (TPSA) is 0 Å². The van der Waals surface area contributed by atoms with Gasteiger partial charge in [0, 0.05) is 0 Å². The minimum Gasteiger partial charge on any atom is -0.482 e. The predicted octanol–water partition coefficient (Wildman–Crippen LogP) is 0.633. The van der Waals surface area contributed by atoms with Crippen LogP contribution in [0, 0.1) is 0 Å². The normalized spacial score (nSPS) is 24.0. The van der Waals surface area contributed by atoms with Crippen LogP contribution in [0.2, 0.25) is 0 Å². The van der Waals surface area contributed by atoms with Gasteiger partial charge in [0.25, 0.3) is 0 Å². The van der Waals surface area contributed by atoms with Crippen molar-refractivity contribution in [3.63, 3.8) is 0 Å². The molecule has 36 valence electrons. The Kier molecular flexibility index (Phi) is 1.20. The molecule has 0 saturated heterocycles. The first-order valence-corrected chi connectivity index (χ1v) is 3.85. The summed E-state index contributed by atoms with van der Waals surface area (Å²) < 4.78 is 0. The molecule has 6 heavy (non-hydrogen) atoms. The van der Waals surface area contributed by atoms with E-state index in [9.17, 15) is 0 Å². The molecule has 0 saturated carbocycles. The fourth-order valence-electron chi connectivity index (χ4n) is 0.602. The summed E-state index contributed by atoms with van der Waals surface area (Å²) in [5.74, 6) is 5.26. The van der Waals surface area contributed by atoms with Crippen molar-refractivity contribution in [1.82, 2.24) is 0 Å². The van der Waals surface area contributed by atoms with E-state index in [4.69, 9.17) is 0 Å². The van der Waals surface area contributed by atoms with E-state index in [1.807, 2.05) is 0 Å². The van der Waals surface area contributed by atoms with Gasteiger partial charge >= 0.3 is 0 Å². The van der Waals surface area contributed by atoms with Crippen LogP contribution in [0.25, 0.3) is 0 Å². The molecule has 0 fully saturated rings. The maximum absolute atomic E-state index is 3.91. The molecular weight excluding hydrogens is 92.1 g/mol. The van der Waals surface area contributed by atoms with Gasteiger partial charge in [0.2, 0.25) is 0 Å². The van der Waals surface area contributed by atoms with Crippen LogP contribution < -0.4 is 0 Å². The van der Waals surface area contributed by atoms with Gasteiger partial charge in [-0.1, -0.05) is 12.8 Å². The molecular formula is C5H9S-. The second-order valence-electron chi connectivity index (χ2n) is 1.55. The molecule has 1 aliphatic rings. The van der Waals surface area contributed by atoms with Gasteiger partial charge in [-0.25, -0.2) is 11.2 Å². The van der Waals surface area contributed by atoms with Crippen molar-refractivity contribution in [2.45, 2.75) is 12.8 Å². The lowest BCUT2D eigenvalue weighted by Crippen LogP contribution is -1.72. The van der Waals surface area contributed by atoms with Crippen LogP contribution in [0.5, 0.6) is 0 Å². The molecule has 0 aromatic rings. The molecule has 0 aromatic heterocycles. The average Bonchev–Trinajstić information content (AvgIpc) is 1.86. The smallest absolute Gasteiger partial charge is 0.0605 e.